The number of thioether (sulfide) groups is 1. The number of carbonyl (C=O) groups excluding carboxylic acids is 1. The van der Waals surface area contributed by atoms with E-state index in [0.717, 1.165) is 31.8 Å². The monoisotopic (exact) mass is 284 g/mol. The number of hydrogen-bond acceptors (Lipinski definition) is 3. The third-order valence-electron chi connectivity index (χ3n) is 4.47. The van der Waals surface area contributed by atoms with Crippen LogP contribution in [0.4, 0.5) is 0 Å². The molecule has 3 nitrogen and oxygen atoms in total. The average Bonchev–Trinajstić information content (AvgIpc) is 2.84. The van der Waals surface area contributed by atoms with E-state index in [1.54, 1.807) is 0 Å². The van der Waals surface area contributed by atoms with Crippen LogP contribution in [0.2, 0.25) is 0 Å². The van der Waals surface area contributed by atoms with Crippen LogP contribution < -0.4 is 5.32 Å². The lowest BCUT2D eigenvalue weighted by Gasteiger charge is -2.37. The first-order chi connectivity index (χ1) is 9.03. The minimum Gasteiger partial charge on any atom is -0.339 e. The molecular formula is C15H28N2OS. The lowest BCUT2D eigenvalue weighted by atomic mass is 9.95. The van der Waals surface area contributed by atoms with Gasteiger partial charge in [-0.05, 0) is 71.2 Å². The van der Waals surface area contributed by atoms with Gasteiger partial charge in [-0.15, -0.1) is 11.8 Å². The fraction of sp³-hybridized carbons (Fsp3) is 0.933. The molecule has 2 saturated heterocycles. The van der Waals surface area contributed by atoms with Gasteiger partial charge in [-0.2, -0.15) is 0 Å². The van der Waals surface area contributed by atoms with E-state index in [1.807, 2.05) is 11.8 Å². The molecule has 0 radical (unpaired) electrons. The third-order valence-corrected chi connectivity index (χ3v) is 5.98. The molecule has 0 aromatic carbocycles. The van der Waals surface area contributed by atoms with E-state index in [0.29, 0.717) is 17.9 Å². The number of piperidine rings is 1. The van der Waals surface area contributed by atoms with Crippen LogP contribution in [0.25, 0.3) is 0 Å². The fourth-order valence-electron chi connectivity index (χ4n) is 3.12. The Morgan fingerprint density at radius 1 is 1.42 bits per heavy atom. The van der Waals surface area contributed by atoms with Crippen molar-refractivity contribution in [1.29, 1.82) is 0 Å². The summed E-state index contributed by atoms with van der Waals surface area (Å²) in [5.74, 6) is 2.20. The molecule has 4 heteroatoms. The van der Waals surface area contributed by atoms with Gasteiger partial charge in [0.1, 0.15) is 0 Å². The van der Waals surface area contributed by atoms with E-state index in [-0.39, 0.29) is 4.75 Å². The Morgan fingerprint density at radius 3 is 2.63 bits per heavy atom. The molecule has 0 aromatic heterocycles. The Morgan fingerprint density at radius 2 is 2.11 bits per heavy atom. The Kier molecular flexibility index (Phi) is 5.18. The molecule has 0 saturated carbocycles. The molecule has 19 heavy (non-hydrogen) atoms. The summed E-state index contributed by atoms with van der Waals surface area (Å²) in [7, 11) is 0. The molecule has 1 atom stereocenters. The second-order valence-corrected chi connectivity index (χ2v) is 8.03. The Bertz CT molecular complexity index is 307. The zero-order valence-corrected chi connectivity index (χ0v) is 13.4. The van der Waals surface area contributed by atoms with E-state index in [1.165, 1.54) is 19.3 Å². The van der Waals surface area contributed by atoms with Crippen LogP contribution in [-0.4, -0.2) is 47.0 Å². The molecule has 2 aliphatic heterocycles. The first-order valence-corrected chi connectivity index (χ1v) is 8.67. The molecule has 0 bridgehead atoms. The van der Waals surface area contributed by atoms with Gasteiger partial charge in [0, 0.05) is 12.6 Å². The number of amides is 1. The van der Waals surface area contributed by atoms with Crippen molar-refractivity contribution in [2.24, 2.45) is 5.92 Å². The van der Waals surface area contributed by atoms with E-state index >= 15 is 0 Å². The van der Waals surface area contributed by atoms with Gasteiger partial charge in [0.05, 0.1) is 4.75 Å². The molecule has 2 aliphatic rings. The number of nitrogens with one attached hydrogen (secondary N) is 1. The highest BCUT2D eigenvalue weighted by Gasteiger charge is 2.41. The van der Waals surface area contributed by atoms with Crippen LogP contribution in [0.5, 0.6) is 0 Å². The van der Waals surface area contributed by atoms with Gasteiger partial charge in [0.2, 0.25) is 5.91 Å². The molecule has 1 unspecified atom stereocenters. The maximum atomic E-state index is 12.9. The largest absolute Gasteiger partial charge is 0.339 e. The Hall–Kier alpha value is -0.220. The van der Waals surface area contributed by atoms with Gasteiger partial charge in [-0.25, -0.2) is 0 Å². The topological polar surface area (TPSA) is 32.3 Å². The maximum absolute atomic E-state index is 12.9. The predicted octanol–water partition coefficient (Wildman–Crippen LogP) is 2.51. The molecule has 0 spiro atoms. The third kappa shape index (κ3) is 3.66. The summed E-state index contributed by atoms with van der Waals surface area (Å²) in [6.07, 6.45) is 4.65. The van der Waals surface area contributed by atoms with Gasteiger partial charge in [-0.1, -0.05) is 0 Å². The summed E-state index contributed by atoms with van der Waals surface area (Å²) in [5, 5.41) is 3.40. The number of carbonyl (C=O) groups is 1. The minimum absolute atomic E-state index is 0.156. The first-order valence-electron chi connectivity index (χ1n) is 7.69. The van der Waals surface area contributed by atoms with Crippen molar-refractivity contribution in [3.8, 4) is 0 Å². The highest BCUT2D eigenvalue weighted by molar-refractivity contribution is 8.01. The second kappa shape index (κ2) is 6.49. The van der Waals surface area contributed by atoms with Gasteiger partial charge < -0.3 is 10.2 Å². The molecule has 0 aromatic rings. The smallest absolute Gasteiger partial charge is 0.238 e. The van der Waals surface area contributed by atoms with Crippen LogP contribution >= 0.6 is 11.8 Å². The summed E-state index contributed by atoms with van der Waals surface area (Å²) in [6.45, 7) is 9.62. The van der Waals surface area contributed by atoms with Crippen LogP contribution in [0.15, 0.2) is 0 Å². The van der Waals surface area contributed by atoms with Crippen molar-refractivity contribution in [1.82, 2.24) is 10.2 Å². The van der Waals surface area contributed by atoms with Gasteiger partial charge in [0.15, 0.2) is 0 Å². The van der Waals surface area contributed by atoms with Crippen molar-refractivity contribution >= 4 is 17.7 Å². The lowest BCUT2D eigenvalue weighted by molar-refractivity contribution is -0.136. The maximum Gasteiger partial charge on any atom is 0.238 e. The Labute approximate surface area is 121 Å². The average molecular weight is 284 g/mol. The summed E-state index contributed by atoms with van der Waals surface area (Å²) < 4.78 is -0.156. The summed E-state index contributed by atoms with van der Waals surface area (Å²) in [5.41, 5.74) is 0. The molecule has 2 heterocycles. The highest BCUT2D eigenvalue weighted by Crippen LogP contribution is 2.39. The SMILES string of the molecule is CC(C)N(CC1CCNCC1)C(=O)C1(C)CCCS1. The Balaban J connectivity index is 2.00. The summed E-state index contributed by atoms with van der Waals surface area (Å²) >= 11 is 1.86. The van der Waals surface area contributed by atoms with Gasteiger partial charge >= 0.3 is 0 Å². The normalized spacial score (nSPS) is 28.8. The van der Waals surface area contributed by atoms with E-state index < -0.39 is 0 Å². The lowest BCUT2D eigenvalue weighted by Crippen LogP contribution is -2.50. The zero-order valence-electron chi connectivity index (χ0n) is 12.6. The molecule has 1 N–H and O–H groups in total. The molecule has 1 amide bonds. The van der Waals surface area contributed by atoms with E-state index in [4.69, 9.17) is 0 Å². The van der Waals surface area contributed by atoms with Crippen LogP contribution in [0.1, 0.15) is 46.5 Å². The van der Waals surface area contributed by atoms with Crippen molar-refractivity contribution in [2.45, 2.75) is 57.2 Å². The van der Waals surface area contributed by atoms with Crippen LogP contribution in [0.3, 0.4) is 0 Å². The summed E-state index contributed by atoms with van der Waals surface area (Å²) in [6, 6.07) is 0.320. The number of nitrogens with zero attached hydrogens (tertiary/aromatic N) is 1. The first kappa shape index (κ1) is 15.2. The highest BCUT2D eigenvalue weighted by atomic mass is 32.2. The minimum atomic E-state index is -0.156. The molecule has 0 aliphatic carbocycles. The molecule has 2 fully saturated rings. The van der Waals surface area contributed by atoms with Gasteiger partial charge in [-0.3, -0.25) is 4.79 Å². The van der Waals surface area contributed by atoms with Crippen LogP contribution in [-0.2, 0) is 4.79 Å². The molecule has 110 valence electrons. The van der Waals surface area contributed by atoms with Crippen molar-refractivity contribution in [3.63, 3.8) is 0 Å². The number of rotatable bonds is 4. The number of hydrogen-bond donors (Lipinski definition) is 1. The van der Waals surface area contributed by atoms with Crippen molar-refractivity contribution in [2.75, 3.05) is 25.4 Å². The second-order valence-electron chi connectivity index (χ2n) is 6.43. The van der Waals surface area contributed by atoms with Crippen molar-refractivity contribution < 1.29 is 4.79 Å². The standard InChI is InChI=1S/C15H28N2OS/c1-12(2)17(11-13-5-8-16-9-6-13)14(18)15(3)7-4-10-19-15/h12-13,16H,4-11H2,1-3H3. The van der Waals surface area contributed by atoms with Crippen molar-refractivity contribution in [3.05, 3.63) is 0 Å². The zero-order chi connectivity index (χ0) is 13.9. The quantitative estimate of drug-likeness (QED) is 0.861. The van der Waals surface area contributed by atoms with E-state index in [2.05, 4.69) is 31.0 Å². The van der Waals surface area contributed by atoms with Gasteiger partial charge in [0.25, 0.3) is 0 Å². The molecular weight excluding hydrogens is 256 g/mol. The predicted molar refractivity (Wildman–Crippen MR) is 82.5 cm³/mol. The van der Waals surface area contributed by atoms with E-state index in [9.17, 15) is 4.79 Å². The summed E-state index contributed by atoms with van der Waals surface area (Å²) in [4.78, 5) is 15.0. The fourth-order valence-corrected chi connectivity index (χ4v) is 4.39. The van der Waals surface area contributed by atoms with Crippen LogP contribution in [0, 0.1) is 5.92 Å². The molecule has 2 rings (SSSR count).